The lowest BCUT2D eigenvalue weighted by atomic mass is 10.1. The largest absolute Gasteiger partial charge is 0.486 e. The fourth-order valence-corrected chi connectivity index (χ4v) is 2.75. The fraction of sp³-hybridized carbons (Fsp3) is 0.238. The number of hydrogen-bond acceptors (Lipinski definition) is 3. The molecule has 5 nitrogen and oxygen atoms in total. The van der Waals surface area contributed by atoms with Gasteiger partial charge in [-0.1, -0.05) is 30.3 Å². The molecule has 0 amide bonds. The molecule has 0 fully saturated rings. The zero-order chi connectivity index (χ0) is 19.1. The molecule has 140 valence electrons. The van der Waals surface area contributed by atoms with Crippen LogP contribution in [0.25, 0.3) is 10.9 Å². The van der Waals surface area contributed by atoms with Crippen LogP contribution >= 0.6 is 0 Å². The first-order valence-corrected chi connectivity index (χ1v) is 8.85. The second kappa shape index (κ2) is 8.98. The summed E-state index contributed by atoms with van der Waals surface area (Å²) >= 11 is 0. The summed E-state index contributed by atoms with van der Waals surface area (Å²) in [6.45, 7) is 2.99. The summed E-state index contributed by atoms with van der Waals surface area (Å²) in [7, 11) is 1.71. The van der Waals surface area contributed by atoms with Crippen molar-refractivity contribution < 1.29 is 9.13 Å². The maximum Gasteiger partial charge on any atom is 0.191 e. The van der Waals surface area contributed by atoms with Crippen LogP contribution in [0.4, 0.5) is 4.39 Å². The van der Waals surface area contributed by atoms with Crippen LogP contribution in [-0.4, -0.2) is 30.6 Å². The Morgan fingerprint density at radius 1 is 1.11 bits per heavy atom. The Labute approximate surface area is 158 Å². The minimum atomic E-state index is -0.364. The molecule has 27 heavy (non-hydrogen) atoms. The van der Waals surface area contributed by atoms with Gasteiger partial charge in [0.15, 0.2) is 17.5 Å². The van der Waals surface area contributed by atoms with Crippen LogP contribution in [0.15, 0.2) is 65.8 Å². The Bertz CT molecular complexity index is 923. The molecule has 0 saturated carbocycles. The molecule has 0 aliphatic rings. The lowest BCUT2D eigenvalue weighted by molar-refractivity contribution is 0.214. The van der Waals surface area contributed by atoms with Gasteiger partial charge in [-0.2, -0.15) is 0 Å². The number of hydrogen-bond donors (Lipinski definition) is 2. The van der Waals surface area contributed by atoms with Gasteiger partial charge < -0.3 is 15.4 Å². The highest BCUT2D eigenvalue weighted by molar-refractivity contribution is 5.83. The van der Waals surface area contributed by atoms with Crippen LogP contribution in [0.2, 0.25) is 0 Å². The summed E-state index contributed by atoms with van der Waals surface area (Å²) < 4.78 is 19.3. The molecular weight excluding hydrogens is 343 g/mol. The number of nitrogens with one attached hydrogen (secondary N) is 2. The number of aliphatic imine (C=N–C) groups is 1. The highest BCUT2D eigenvalue weighted by Gasteiger charge is 2.09. The average Bonchev–Trinajstić information content (AvgIpc) is 2.70. The van der Waals surface area contributed by atoms with Gasteiger partial charge in [-0.15, -0.1) is 0 Å². The number of rotatable bonds is 6. The molecule has 1 aromatic heterocycles. The fourth-order valence-electron chi connectivity index (χ4n) is 2.75. The molecule has 0 spiro atoms. The monoisotopic (exact) mass is 366 g/mol. The zero-order valence-electron chi connectivity index (χ0n) is 15.4. The van der Waals surface area contributed by atoms with E-state index in [1.165, 1.54) is 6.07 Å². The number of benzene rings is 2. The van der Waals surface area contributed by atoms with Gasteiger partial charge in [0, 0.05) is 25.2 Å². The van der Waals surface area contributed by atoms with Crippen molar-refractivity contribution in [1.29, 1.82) is 0 Å². The molecule has 0 aliphatic carbocycles. The number of nitrogens with zero attached hydrogens (tertiary/aromatic N) is 2. The van der Waals surface area contributed by atoms with Crippen LogP contribution in [0.5, 0.6) is 5.75 Å². The van der Waals surface area contributed by atoms with Crippen LogP contribution in [-0.2, 0) is 6.54 Å². The van der Waals surface area contributed by atoms with Crippen molar-refractivity contribution in [3.63, 3.8) is 0 Å². The van der Waals surface area contributed by atoms with Crippen LogP contribution < -0.4 is 15.4 Å². The predicted molar refractivity (Wildman–Crippen MR) is 106 cm³/mol. The van der Waals surface area contributed by atoms with Crippen molar-refractivity contribution in [3.05, 3.63) is 72.2 Å². The van der Waals surface area contributed by atoms with E-state index in [9.17, 15) is 4.39 Å². The molecule has 0 radical (unpaired) electrons. The van der Waals surface area contributed by atoms with Crippen molar-refractivity contribution >= 4 is 16.9 Å². The molecule has 0 aliphatic heterocycles. The average molecular weight is 366 g/mol. The van der Waals surface area contributed by atoms with Crippen molar-refractivity contribution in [2.45, 2.75) is 19.6 Å². The predicted octanol–water partition coefficient (Wildman–Crippen LogP) is 3.51. The second-order valence-electron chi connectivity index (χ2n) is 6.15. The number of fused-ring (bicyclic) bond motifs is 1. The van der Waals surface area contributed by atoms with Crippen LogP contribution in [0.3, 0.4) is 0 Å². The van der Waals surface area contributed by atoms with E-state index in [1.54, 1.807) is 31.4 Å². The highest BCUT2D eigenvalue weighted by atomic mass is 19.1. The van der Waals surface area contributed by atoms with Gasteiger partial charge in [0.05, 0.1) is 12.1 Å². The number of ether oxygens (including phenoxy) is 1. The summed E-state index contributed by atoms with van der Waals surface area (Å²) in [5.74, 6) is 0.536. The molecule has 1 atom stereocenters. The first-order chi connectivity index (χ1) is 13.2. The highest BCUT2D eigenvalue weighted by Crippen LogP contribution is 2.17. The molecule has 0 saturated heterocycles. The number of guanidine groups is 1. The Morgan fingerprint density at radius 3 is 2.70 bits per heavy atom. The van der Waals surface area contributed by atoms with Gasteiger partial charge in [-0.05, 0) is 36.8 Å². The quantitative estimate of drug-likeness (QED) is 0.518. The molecule has 0 bridgehead atoms. The number of pyridine rings is 1. The normalized spacial score (nSPS) is 12.6. The summed E-state index contributed by atoms with van der Waals surface area (Å²) in [6.07, 6.45) is 1.59. The first-order valence-electron chi connectivity index (χ1n) is 8.85. The standard InChI is InChI=1S/C21H23FN4O/c1-15(27-20-10-6-4-8-18(20)22)13-25-21(23-2)26-14-16-11-12-24-19-9-5-3-7-17(16)19/h3-12,15H,13-14H2,1-2H3,(H2,23,25,26). The van der Waals surface area contributed by atoms with E-state index in [0.29, 0.717) is 19.0 Å². The van der Waals surface area contributed by atoms with Crippen molar-refractivity contribution in [3.8, 4) is 5.75 Å². The van der Waals surface area contributed by atoms with Gasteiger partial charge in [-0.3, -0.25) is 9.98 Å². The summed E-state index contributed by atoms with van der Waals surface area (Å²) in [5, 5.41) is 7.60. The first kappa shape index (κ1) is 18.6. The maximum absolute atomic E-state index is 13.7. The van der Waals surface area contributed by atoms with E-state index >= 15 is 0 Å². The Hall–Kier alpha value is -3.15. The maximum atomic E-state index is 13.7. The van der Waals surface area contributed by atoms with E-state index in [-0.39, 0.29) is 17.7 Å². The number of aromatic nitrogens is 1. The third-order valence-electron chi connectivity index (χ3n) is 4.13. The smallest absolute Gasteiger partial charge is 0.191 e. The van der Waals surface area contributed by atoms with E-state index in [1.807, 2.05) is 31.2 Å². The van der Waals surface area contributed by atoms with Crippen LogP contribution in [0, 0.1) is 5.82 Å². The second-order valence-corrected chi connectivity index (χ2v) is 6.15. The van der Waals surface area contributed by atoms with E-state index in [0.717, 1.165) is 16.5 Å². The molecule has 6 heteroatoms. The molecule has 3 rings (SSSR count). The van der Waals surface area contributed by atoms with E-state index < -0.39 is 0 Å². The lowest BCUT2D eigenvalue weighted by Gasteiger charge is -2.18. The van der Waals surface area contributed by atoms with E-state index in [4.69, 9.17) is 4.74 Å². The molecular formula is C21H23FN4O. The number of halogens is 1. The third kappa shape index (κ3) is 4.94. The molecule has 3 aromatic rings. The zero-order valence-corrected chi connectivity index (χ0v) is 15.4. The minimum absolute atomic E-state index is 0.220. The summed E-state index contributed by atoms with van der Waals surface area (Å²) in [4.78, 5) is 8.60. The SMILES string of the molecule is CN=C(NCc1ccnc2ccccc12)NCC(C)Oc1ccccc1F. The molecule has 1 unspecified atom stereocenters. The third-order valence-corrected chi connectivity index (χ3v) is 4.13. The van der Waals surface area contributed by atoms with Crippen molar-refractivity contribution in [2.75, 3.05) is 13.6 Å². The number of para-hydroxylation sites is 2. The molecule has 2 N–H and O–H groups in total. The van der Waals surface area contributed by atoms with Crippen molar-refractivity contribution in [1.82, 2.24) is 15.6 Å². The summed E-state index contributed by atoms with van der Waals surface area (Å²) in [6, 6.07) is 16.4. The lowest BCUT2D eigenvalue weighted by Crippen LogP contribution is -2.41. The van der Waals surface area contributed by atoms with Crippen molar-refractivity contribution in [2.24, 2.45) is 4.99 Å². The molecule has 1 heterocycles. The topological polar surface area (TPSA) is 58.5 Å². The Kier molecular flexibility index (Phi) is 6.20. The van der Waals surface area contributed by atoms with Gasteiger partial charge in [-0.25, -0.2) is 4.39 Å². The van der Waals surface area contributed by atoms with Crippen LogP contribution in [0.1, 0.15) is 12.5 Å². The minimum Gasteiger partial charge on any atom is -0.486 e. The van der Waals surface area contributed by atoms with Gasteiger partial charge in [0.1, 0.15) is 6.10 Å². The van der Waals surface area contributed by atoms with Gasteiger partial charge >= 0.3 is 0 Å². The summed E-state index contributed by atoms with van der Waals surface area (Å²) in [5.41, 5.74) is 2.10. The Morgan fingerprint density at radius 2 is 1.89 bits per heavy atom. The molecule has 2 aromatic carbocycles. The Balaban J connectivity index is 1.54. The van der Waals surface area contributed by atoms with E-state index in [2.05, 4.69) is 26.7 Å². The van der Waals surface area contributed by atoms with Gasteiger partial charge in [0.25, 0.3) is 0 Å². The van der Waals surface area contributed by atoms with Gasteiger partial charge in [0.2, 0.25) is 0 Å².